The van der Waals surface area contributed by atoms with Gasteiger partial charge >= 0.3 is 5.97 Å². The Morgan fingerprint density at radius 1 is 1.04 bits per heavy atom. The first-order chi connectivity index (χ1) is 11.8. The highest BCUT2D eigenvalue weighted by Crippen LogP contribution is 2.28. The summed E-state index contributed by atoms with van der Waals surface area (Å²) in [4.78, 5) is 11.5. The summed E-state index contributed by atoms with van der Waals surface area (Å²) < 4.78 is 4.66. The highest BCUT2D eigenvalue weighted by molar-refractivity contribution is 5.75. The molecule has 128 valence electrons. The van der Waals surface area contributed by atoms with Gasteiger partial charge in [0.05, 0.1) is 13.7 Å². The molecule has 0 aromatic heterocycles. The maximum absolute atomic E-state index is 11.5. The number of carbonyl (C=O) groups excluding carboxylic acids is 1. The van der Waals surface area contributed by atoms with E-state index in [9.17, 15) is 9.90 Å². The van der Waals surface area contributed by atoms with E-state index in [-0.39, 0.29) is 6.61 Å². The van der Waals surface area contributed by atoms with Gasteiger partial charge in [0, 0.05) is 5.92 Å². The Kier molecular flexibility index (Phi) is 7.46. The average molecular weight is 327 g/mol. The molecule has 0 heterocycles. The van der Waals surface area contributed by atoms with E-state index in [1.807, 2.05) is 12.1 Å². The van der Waals surface area contributed by atoms with Crippen LogP contribution in [0.15, 0.2) is 60.7 Å². The van der Waals surface area contributed by atoms with Gasteiger partial charge in [-0.2, -0.15) is 0 Å². The molecule has 0 fully saturated rings. The van der Waals surface area contributed by atoms with Crippen molar-refractivity contribution in [3.8, 4) is 0 Å². The molecule has 2 aromatic rings. The Morgan fingerprint density at radius 3 is 2.04 bits per heavy atom. The summed E-state index contributed by atoms with van der Waals surface area (Å²) in [6.07, 6.45) is 1.85. The highest BCUT2D eigenvalue weighted by Gasteiger charge is 2.18. The van der Waals surface area contributed by atoms with E-state index >= 15 is 0 Å². The number of benzene rings is 2. The molecular formula is C20H25NO3. The third kappa shape index (κ3) is 5.18. The molecule has 2 N–H and O–H groups in total. The molecule has 0 amide bonds. The van der Waals surface area contributed by atoms with Gasteiger partial charge < -0.3 is 15.2 Å². The molecule has 0 saturated carbocycles. The first kappa shape index (κ1) is 18.2. The van der Waals surface area contributed by atoms with Crippen LogP contribution in [0.2, 0.25) is 0 Å². The zero-order valence-corrected chi connectivity index (χ0v) is 14.0. The van der Waals surface area contributed by atoms with Gasteiger partial charge in [-0.05, 0) is 30.5 Å². The van der Waals surface area contributed by atoms with E-state index in [0.717, 1.165) is 12.8 Å². The fraction of sp³-hybridized carbons (Fsp3) is 0.350. The van der Waals surface area contributed by atoms with Gasteiger partial charge in [-0.25, -0.2) is 0 Å². The number of nitrogens with one attached hydrogen (secondary N) is 1. The molecule has 0 aliphatic carbocycles. The van der Waals surface area contributed by atoms with E-state index in [1.165, 1.54) is 18.2 Å². The van der Waals surface area contributed by atoms with Crippen LogP contribution < -0.4 is 5.32 Å². The van der Waals surface area contributed by atoms with Crippen molar-refractivity contribution in [3.05, 3.63) is 71.8 Å². The van der Waals surface area contributed by atoms with Crippen LogP contribution in [-0.2, 0) is 9.53 Å². The minimum Gasteiger partial charge on any atom is -0.468 e. The lowest BCUT2D eigenvalue weighted by atomic mass is 9.87. The van der Waals surface area contributed by atoms with Crippen LogP contribution in [0.3, 0.4) is 0 Å². The topological polar surface area (TPSA) is 58.6 Å². The summed E-state index contributed by atoms with van der Waals surface area (Å²) in [7, 11) is 1.33. The molecule has 0 unspecified atom stereocenters. The minimum absolute atomic E-state index is 0.256. The third-order valence-corrected chi connectivity index (χ3v) is 4.13. The van der Waals surface area contributed by atoms with Crippen molar-refractivity contribution in [1.29, 1.82) is 0 Å². The first-order valence-corrected chi connectivity index (χ1v) is 8.28. The van der Waals surface area contributed by atoms with Gasteiger partial charge in [-0.1, -0.05) is 60.7 Å². The Balaban J connectivity index is 1.96. The lowest BCUT2D eigenvalue weighted by molar-refractivity contribution is -0.144. The number of aliphatic hydroxyl groups is 1. The van der Waals surface area contributed by atoms with Crippen LogP contribution in [0.25, 0.3) is 0 Å². The third-order valence-electron chi connectivity index (χ3n) is 4.13. The Bertz CT molecular complexity index is 561. The van der Waals surface area contributed by atoms with E-state index < -0.39 is 12.0 Å². The second kappa shape index (κ2) is 9.85. The van der Waals surface area contributed by atoms with Gasteiger partial charge in [-0.15, -0.1) is 0 Å². The molecule has 0 aliphatic heterocycles. The number of carbonyl (C=O) groups is 1. The van der Waals surface area contributed by atoms with Gasteiger partial charge in [0.25, 0.3) is 0 Å². The van der Waals surface area contributed by atoms with Crippen molar-refractivity contribution in [2.45, 2.75) is 24.8 Å². The number of aliphatic hydroxyl groups excluding tert-OH is 1. The minimum atomic E-state index is -0.651. The number of methoxy groups -OCH3 is 1. The largest absolute Gasteiger partial charge is 0.468 e. The summed E-state index contributed by atoms with van der Waals surface area (Å²) in [5.74, 6) is -0.111. The van der Waals surface area contributed by atoms with Gasteiger partial charge in [0.2, 0.25) is 0 Å². The van der Waals surface area contributed by atoms with Crippen molar-refractivity contribution < 1.29 is 14.6 Å². The van der Waals surface area contributed by atoms with Gasteiger partial charge in [0.15, 0.2) is 0 Å². The second-order valence-electron chi connectivity index (χ2n) is 5.73. The van der Waals surface area contributed by atoms with Crippen LogP contribution in [0.1, 0.15) is 29.9 Å². The summed E-state index contributed by atoms with van der Waals surface area (Å²) in [6.45, 7) is 0.393. The fourth-order valence-corrected chi connectivity index (χ4v) is 2.84. The number of hydrogen-bond donors (Lipinski definition) is 2. The normalized spacial score (nSPS) is 12.1. The molecule has 4 heteroatoms. The molecule has 0 bridgehead atoms. The summed E-state index contributed by atoms with van der Waals surface area (Å²) in [6, 6.07) is 20.2. The fourth-order valence-electron chi connectivity index (χ4n) is 2.84. The van der Waals surface area contributed by atoms with Crippen LogP contribution in [0.4, 0.5) is 0 Å². The molecule has 1 atom stereocenters. The Hall–Kier alpha value is -2.17. The predicted molar refractivity (Wildman–Crippen MR) is 94.9 cm³/mol. The standard InChI is InChI=1S/C20H25NO3/c1-24-20(23)19(15-22)21-14-8-13-18(16-9-4-2-5-10-16)17-11-6-3-7-12-17/h2-7,9-12,18-19,21-22H,8,13-15H2,1H3/t19-/m1/s1. The van der Waals surface area contributed by atoms with Gasteiger partial charge in [0.1, 0.15) is 6.04 Å². The van der Waals surface area contributed by atoms with Crippen LogP contribution in [-0.4, -0.2) is 37.4 Å². The number of ether oxygens (including phenoxy) is 1. The molecule has 0 spiro atoms. The molecular weight excluding hydrogens is 302 g/mol. The van der Waals surface area contributed by atoms with Crippen molar-refractivity contribution in [1.82, 2.24) is 5.32 Å². The molecule has 24 heavy (non-hydrogen) atoms. The van der Waals surface area contributed by atoms with Gasteiger partial charge in [-0.3, -0.25) is 4.79 Å². The highest BCUT2D eigenvalue weighted by atomic mass is 16.5. The molecule has 4 nitrogen and oxygen atoms in total. The molecule has 0 aliphatic rings. The van der Waals surface area contributed by atoms with E-state index in [2.05, 4.69) is 58.6 Å². The first-order valence-electron chi connectivity index (χ1n) is 8.28. The summed E-state index contributed by atoms with van der Waals surface area (Å²) in [5.41, 5.74) is 2.57. The van der Waals surface area contributed by atoms with E-state index in [4.69, 9.17) is 0 Å². The zero-order valence-electron chi connectivity index (χ0n) is 14.0. The average Bonchev–Trinajstić information content (AvgIpc) is 2.65. The lowest BCUT2D eigenvalue weighted by Gasteiger charge is -2.19. The number of hydrogen-bond acceptors (Lipinski definition) is 4. The van der Waals surface area contributed by atoms with Crippen molar-refractivity contribution in [3.63, 3.8) is 0 Å². The Morgan fingerprint density at radius 2 is 1.58 bits per heavy atom. The number of esters is 1. The van der Waals surface area contributed by atoms with E-state index in [1.54, 1.807) is 0 Å². The summed E-state index contributed by atoms with van der Waals surface area (Å²) in [5, 5.41) is 12.3. The van der Waals surface area contributed by atoms with Crippen LogP contribution in [0.5, 0.6) is 0 Å². The van der Waals surface area contributed by atoms with Crippen molar-refractivity contribution in [2.24, 2.45) is 0 Å². The quantitative estimate of drug-likeness (QED) is 0.549. The Labute approximate surface area is 143 Å². The second-order valence-corrected chi connectivity index (χ2v) is 5.73. The maximum Gasteiger partial charge on any atom is 0.325 e. The lowest BCUT2D eigenvalue weighted by Crippen LogP contribution is -2.41. The van der Waals surface area contributed by atoms with Crippen LogP contribution >= 0.6 is 0 Å². The van der Waals surface area contributed by atoms with E-state index in [0.29, 0.717) is 12.5 Å². The van der Waals surface area contributed by atoms with Crippen molar-refractivity contribution in [2.75, 3.05) is 20.3 Å². The molecule has 2 aromatic carbocycles. The maximum atomic E-state index is 11.5. The molecule has 2 rings (SSSR count). The molecule has 0 radical (unpaired) electrons. The summed E-state index contributed by atoms with van der Waals surface area (Å²) >= 11 is 0. The smallest absolute Gasteiger partial charge is 0.325 e. The molecule has 0 saturated heterocycles. The predicted octanol–water partition coefficient (Wildman–Crippen LogP) is 2.72. The number of rotatable bonds is 9. The monoisotopic (exact) mass is 327 g/mol. The zero-order chi connectivity index (χ0) is 17.2. The van der Waals surface area contributed by atoms with Crippen LogP contribution in [0, 0.1) is 0 Å². The SMILES string of the molecule is COC(=O)[C@@H](CO)NCCCC(c1ccccc1)c1ccccc1. The van der Waals surface area contributed by atoms with Crippen molar-refractivity contribution >= 4 is 5.97 Å².